The first kappa shape index (κ1) is 14.2. The van der Waals surface area contributed by atoms with Crippen LogP contribution in [0.4, 0.5) is 5.69 Å². The number of carbonyl (C=O) groups excluding carboxylic acids is 1. The van der Waals surface area contributed by atoms with E-state index in [1.54, 1.807) is 0 Å². The Kier molecular flexibility index (Phi) is 4.02. The fourth-order valence-corrected chi connectivity index (χ4v) is 2.20. The van der Waals surface area contributed by atoms with E-state index in [-0.39, 0.29) is 5.91 Å². The fourth-order valence-electron chi connectivity index (χ4n) is 1.96. The third-order valence-corrected chi connectivity index (χ3v) is 3.49. The van der Waals surface area contributed by atoms with Gasteiger partial charge in [0.1, 0.15) is 0 Å². The number of halogens is 1. The highest BCUT2D eigenvalue weighted by molar-refractivity contribution is 6.31. The Morgan fingerprint density at radius 3 is 2.74 bits per heavy atom. The third-order valence-electron chi connectivity index (χ3n) is 3.13. The lowest BCUT2D eigenvalue weighted by molar-refractivity contribution is -0.165. The van der Waals surface area contributed by atoms with Crippen LogP contribution in [-0.2, 0) is 16.2 Å². The number of hydroxylamine groups is 2. The Morgan fingerprint density at radius 2 is 2.21 bits per heavy atom. The van der Waals surface area contributed by atoms with Crippen LogP contribution in [0.25, 0.3) is 0 Å². The molecule has 0 unspecified atom stereocenters. The normalized spacial score (nSPS) is 17.9. The predicted octanol–water partition coefficient (Wildman–Crippen LogP) is 3.07. The highest BCUT2D eigenvalue weighted by atomic mass is 35.5. The van der Waals surface area contributed by atoms with E-state index in [1.165, 1.54) is 5.06 Å². The zero-order chi connectivity index (χ0) is 14.0. The number of rotatable bonds is 4. The van der Waals surface area contributed by atoms with Crippen molar-refractivity contribution < 1.29 is 9.63 Å². The minimum absolute atomic E-state index is 0.000624. The summed E-state index contributed by atoms with van der Waals surface area (Å²) in [5.74, 6) is -0.000624. The number of benzene rings is 1. The van der Waals surface area contributed by atoms with Crippen LogP contribution in [0.15, 0.2) is 18.2 Å². The second-order valence-corrected chi connectivity index (χ2v) is 5.74. The molecule has 1 aliphatic rings. The first-order chi connectivity index (χ1) is 8.94. The molecule has 1 aromatic rings. The van der Waals surface area contributed by atoms with Gasteiger partial charge in [0, 0.05) is 17.3 Å². The van der Waals surface area contributed by atoms with Crippen LogP contribution in [0.5, 0.6) is 0 Å². The summed E-state index contributed by atoms with van der Waals surface area (Å²) < 4.78 is 0. The largest absolute Gasteiger partial charge is 0.385 e. The molecule has 0 bridgehead atoms. The van der Waals surface area contributed by atoms with Gasteiger partial charge < -0.3 is 5.32 Å². The summed E-state index contributed by atoms with van der Waals surface area (Å²) >= 11 is 6.23. The van der Waals surface area contributed by atoms with E-state index in [0.717, 1.165) is 17.8 Å². The number of carbonyl (C=O) groups is 1. The molecule has 19 heavy (non-hydrogen) atoms. The molecule has 0 aliphatic carbocycles. The van der Waals surface area contributed by atoms with Gasteiger partial charge in [0.25, 0.3) is 5.91 Å². The molecular formula is C14H19ClN2O2. The third kappa shape index (κ3) is 3.01. The molecule has 5 heteroatoms. The molecule has 0 radical (unpaired) electrons. The van der Waals surface area contributed by atoms with Crippen molar-refractivity contribution in [3.63, 3.8) is 0 Å². The van der Waals surface area contributed by atoms with Gasteiger partial charge >= 0.3 is 0 Å². The molecule has 1 amide bonds. The van der Waals surface area contributed by atoms with Gasteiger partial charge in [-0.15, -0.1) is 0 Å². The van der Waals surface area contributed by atoms with Crippen molar-refractivity contribution in [1.82, 2.24) is 5.06 Å². The van der Waals surface area contributed by atoms with Crippen LogP contribution in [0.3, 0.4) is 0 Å². The molecule has 1 aliphatic heterocycles. The molecule has 1 aromatic carbocycles. The lowest BCUT2D eigenvalue weighted by Gasteiger charge is -2.17. The smallest absolute Gasteiger partial charge is 0.254 e. The average molecular weight is 283 g/mol. The van der Waals surface area contributed by atoms with Crippen LogP contribution >= 0.6 is 11.6 Å². The Labute approximate surface area is 118 Å². The zero-order valence-corrected chi connectivity index (χ0v) is 12.3. The summed E-state index contributed by atoms with van der Waals surface area (Å²) in [5, 5.41) is 5.23. The predicted molar refractivity (Wildman–Crippen MR) is 75.9 cm³/mol. The summed E-state index contributed by atoms with van der Waals surface area (Å²) in [7, 11) is 0. The second-order valence-electron chi connectivity index (χ2n) is 5.34. The molecule has 1 fully saturated rings. The molecule has 0 aromatic heterocycles. The van der Waals surface area contributed by atoms with E-state index in [0.29, 0.717) is 18.2 Å². The first-order valence-corrected chi connectivity index (χ1v) is 6.79. The Bertz CT molecular complexity index is 488. The number of hydrogen-bond donors (Lipinski definition) is 1. The Hall–Kier alpha value is -1.26. The summed E-state index contributed by atoms with van der Waals surface area (Å²) in [6.07, 6.45) is 0. The van der Waals surface area contributed by atoms with Crippen LogP contribution < -0.4 is 5.32 Å². The molecule has 0 spiro atoms. The fraction of sp³-hybridized carbons (Fsp3) is 0.500. The molecule has 1 saturated heterocycles. The van der Waals surface area contributed by atoms with Crippen molar-refractivity contribution in [2.75, 3.05) is 18.5 Å². The number of nitrogens with zero attached hydrogens (tertiary/aromatic N) is 1. The topological polar surface area (TPSA) is 41.6 Å². The van der Waals surface area contributed by atoms with Gasteiger partial charge in [-0.05, 0) is 38.5 Å². The Balaban J connectivity index is 2.10. The van der Waals surface area contributed by atoms with E-state index in [2.05, 4.69) is 5.32 Å². The summed E-state index contributed by atoms with van der Waals surface area (Å²) in [6.45, 7) is 7.43. The SMILES string of the molecule is CCNc1ccc(CN2OCC(C)(C)C2=O)c(Cl)c1. The van der Waals surface area contributed by atoms with Gasteiger partial charge in [0.15, 0.2) is 0 Å². The van der Waals surface area contributed by atoms with Crippen molar-refractivity contribution in [2.45, 2.75) is 27.3 Å². The summed E-state index contributed by atoms with van der Waals surface area (Å²) in [4.78, 5) is 17.5. The molecule has 1 N–H and O–H groups in total. The number of hydrogen-bond acceptors (Lipinski definition) is 3. The van der Waals surface area contributed by atoms with Gasteiger partial charge in [0.2, 0.25) is 0 Å². The van der Waals surface area contributed by atoms with E-state index < -0.39 is 5.41 Å². The van der Waals surface area contributed by atoms with Gasteiger partial charge in [-0.3, -0.25) is 9.63 Å². The van der Waals surface area contributed by atoms with Crippen LogP contribution in [-0.4, -0.2) is 24.1 Å². The summed E-state index contributed by atoms with van der Waals surface area (Å²) in [5.41, 5.74) is 1.41. The van der Waals surface area contributed by atoms with E-state index in [1.807, 2.05) is 39.0 Å². The quantitative estimate of drug-likeness (QED) is 0.923. The molecule has 4 nitrogen and oxygen atoms in total. The number of nitrogens with one attached hydrogen (secondary N) is 1. The molecule has 0 atom stereocenters. The first-order valence-electron chi connectivity index (χ1n) is 6.41. The van der Waals surface area contributed by atoms with Gasteiger partial charge in [0.05, 0.1) is 18.6 Å². The van der Waals surface area contributed by atoms with Crippen molar-refractivity contribution in [3.05, 3.63) is 28.8 Å². The Morgan fingerprint density at radius 1 is 1.47 bits per heavy atom. The van der Waals surface area contributed by atoms with Crippen molar-refractivity contribution >= 4 is 23.2 Å². The molecule has 0 saturated carbocycles. The van der Waals surface area contributed by atoms with Crippen molar-refractivity contribution in [2.24, 2.45) is 5.41 Å². The highest BCUT2D eigenvalue weighted by Gasteiger charge is 2.40. The zero-order valence-electron chi connectivity index (χ0n) is 11.5. The maximum atomic E-state index is 12.1. The summed E-state index contributed by atoms with van der Waals surface area (Å²) in [6, 6.07) is 5.74. The van der Waals surface area contributed by atoms with Gasteiger partial charge in [-0.25, -0.2) is 5.06 Å². The maximum absolute atomic E-state index is 12.1. The van der Waals surface area contributed by atoms with Crippen molar-refractivity contribution in [3.8, 4) is 0 Å². The van der Waals surface area contributed by atoms with E-state index in [4.69, 9.17) is 16.4 Å². The molecule has 104 valence electrons. The highest BCUT2D eigenvalue weighted by Crippen LogP contribution is 2.30. The lowest BCUT2D eigenvalue weighted by atomic mass is 9.95. The average Bonchev–Trinajstić information content (AvgIpc) is 2.60. The monoisotopic (exact) mass is 282 g/mol. The van der Waals surface area contributed by atoms with Crippen LogP contribution in [0.1, 0.15) is 26.3 Å². The van der Waals surface area contributed by atoms with Gasteiger partial charge in [-0.2, -0.15) is 0 Å². The van der Waals surface area contributed by atoms with Crippen LogP contribution in [0.2, 0.25) is 5.02 Å². The molecule has 1 heterocycles. The maximum Gasteiger partial charge on any atom is 0.254 e. The van der Waals surface area contributed by atoms with E-state index in [9.17, 15) is 4.79 Å². The van der Waals surface area contributed by atoms with Gasteiger partial charge in [-0.1, -0.05) is 17.7 Å². The number of anilines is 1. The van der Waals surface area contributed by atoms with Crippen molar-refractivity contribution in [1.29, 1.82) is 0 Å². The minimum atomic E-state index is -0.448. The van der Waals surface area contributed by atoms with E-state index >= 15 is 0 Å². The lowest BCUT2D eigenvalue weighted by Crippen LogP contribution is -2.30. The second kappa shape index (κ2) is 5.39. The number of amides is 1. The minimum Gasteiger partial charge on any atom is -0.385 e. The standard InChI is InChI=1S/C14H19ClN2O2/c1-4-16-11-6-5-10(12(15)7-11)8-17-13(18)14(2,3)9-19-17/h5-7,16H,4,8-9H2,1-3H3. The van der Waals surface area contributed by atoms with Crippen LogP contribution in [0, 0.1) is 5.41 Å². The molecule has 2 rings (SSSR count). The molecular weight excluding hydrogens is 264 g/mol.